The van der Waals surface area contributed by atoms with Crippen molar-refractivity contribution in [2.24, 2.45) is 5.92 Å². The number of amides is 1. The molecule has 1 aliphatic carbocycles. The Morgan fingerprint density at radius 2 is 2.21 bits per heavy atom. The molecule has 104 valence electrons. The summed E-state index contributed by atoms with van der Waals surface area (Å²) in [6, 6.07) is 1.05. The van der Waals surface area contributed by atoms with Crippen LogP contribution in [0.2, 0.25) is 0 Å². The number of hydrogen-bond donors (Lipinski definition) is 2. The minimum absolute atomic E-state index is 0.122. The highest BCUT2D eigenvalue weighted by Gasteiger charge is 2.33. The molecule has 8 heteroatoms. The topological polar surface area (TPSA) is 62.0 Å². The van der Waals surface area contributed by atoms with Crippen LogP contribution in [0.3, 0.4) is 0 Å². The molecule has 0 bridgehead atoms. The summed E-state index contributed by atoms with van der Waals surface area (Å²) in [5, 5.41) is -1.12. The first-order valence-electron chi connectivity index (χ1n) is 5.57. The second kappa shape index (κ2) is 5.20. The van der Waals surface area contributed by atoms with Gasteiger partial charge in [-0.05, 0) is 52.4 Å². The first kappa shape index (κ1) is 14.5. The van der Waals surface area contributed by atoms with Gasteiger partial charge in [-0.25, -0.2) is 0 Å². The van der Waals surface area contributed by atoms with Crippen molar-refractivity contribution in [1.82, 2.24) is 10.3 Å². The van der Waals surface area contributed by atoms with Crippen LogP contribution in [0.5, 0.6) is 0 Å². The Balaban J connectivity index is 2.24. The van der Waals surface area contributed by atoms with Crippen LogP contribution in [0.15, 0.2) is 15.3 Å². The van der Waals surface area contributed by atoms with E-state index in [0.717, 1.165) is 18.9 Å². The molecule has 1 saturated carbocycles. The molecule has 1 amide bonds. The Morgan fingerprint density at radius 3 is 2.74 bits per heavy atom. The summed E-state index contributed by atoms with van der Waals surface area (Å²) in [5.41, 5.74) is -1.89. The number of carbonyl (C=O) groups is 1. The number of halogens is 4. The van der Waals surface area contributed by atoms with E-state index in [1.165, 1.54) is 0 Å². The van der Waals surface area contributed by atoms with E-state index in [4.69, 9.17) is 11.6 Å². The average molecular weight is 356 g/mol. The van der Waals surface area contributed by atoms with Gasteiger partial charge in [-0.3, -0.25) is 9.59 Å². The molecule has 1 aromatic rings. The molecule has 0 aliphatic heterocycles. The van der Waals surface area contributed by atoms with Crippen molar-refractivity contribution in [2.45, 2.75) is 18.2 Å². The standard InChI is InChI=1S/C11H10BrClF2N2O2/c12-7-3-6(9(18)16-4-5-1-2-5)10(19)17-8(7)11(13,14)15/h3,5H,1-2,4H2,(H,16,18)(H,17,19). The van der Waals surface area contributed by atoms with E-state index in [1.807, 2.05) is 4.98 Å². The molecule has 19 heavy (non-hydrogen) atoms. The lowest BCUT2D eigenvalue weighted by molar-refractivity contribution is 0.0879. The summed E-state index contributed by atoms with van der Waals surface area (Å²) in [4.78, 5) is 25.3. The third kappa shape index (κ3) is 3.54. The van der Waals surface area contributed by atoms with E-state index < -0.39 is 22.5 Å². The summed E-state index contributed by atoms with van der Waals surface area (Å²) in [6.07, 6.45) is 2.11. The predicted molar refractivity (Wildman–Crippen MR) is 69.6 cm³/mol. The minimum Gasteiger partial charge on any atom is -0.352 e. The number of pyridine rings is 1. The number of aromatic nitrogens is 1. The van der Waals surface area contributed by atoms with Crippen molar-refractivity contribution in [3.8, 4) is 0 Å². The van der Waals surface area contributed by atoms with Crippen molar-refractivity contribution >= 4 is 33.4 Å². The molecule has 1 heterocycles. The summed E-state index contributed by atoms with van der Waals surface area (Å²) < 4.78 is 25.8. The maximum absolute atomic E-state index is 13.0. The zero-order chi connectivity index (χ0) is 14.2. The van der Waals surface area contributed by atoms with E-state index in [1.54, 1.807) is 0 Å². The number of H-pyrrole nitrogens is 1. The summed E-state index contributed by atoms with van der Waals surface area (Å²) >= 11 is 7.71. The first-order chi connectivity index (χ1) is 8.79. The van der Waals surface area contributed by atoms with Gasteiger partial charge < -0.3 is 10.3 Å². The van der Waals surface area contributed by atoms with Gasteiger partial charge >= 0.3 is 5.38 Å². The highest BCUT2D eigenvalue weighted by Crippen LogP contribution is 2.35. The van der Waals surface area contributed by atoms with E-state index in [2.05, 4.69) is 21.2 Å². The van der Waals surface area contributed by atoms with Crippen LogP contribution in [0, 0.1) is 5.92 Å². The van der Waals surface area contributed by atoms with Crippen LogP contribution in [-0.4, -0.2) is 17.4 Å². The van der Waals surface area contributed by atoms with Crippen LogP contribution < -0.4 is 10.9 Å². The molecule has 0 spiro atoms. The third-order valence-electron chi connectivity index (χ3n) is 2.77. The lowest BCUT2D eigenvalue weighted by Gasteiger charge is -2.11. The van der Waals surface area contributed by atoms with Gasteiger partial charge in [-0.15, -0.1) is 0 Å². The fourth-order valence-electron chi connectivity index (χ4n) is 1.53. The van der Waals surface area contributed by atoms with Gasteiger partial charge in [-0.2, -0.15) is 8.78 Å². The Hall–Kier alpha value is -0.950. The lowest BCUT2D eigenvalue weighted by atomic mass is 10.2. The number of hydrogen-bond acceptors (Lipinski definition) is 2. The predicted octanol–water partition coefficient (Wildman–Crippen LogP) is 2.57. The number of alkyl halides is 3. The fourth-order valence-corrected chi connectivity index (χ4v) is 2.37. The second-order valence-corrected chi connectivity index (χ2v) is 5.72. The largest absolute Gasteiger partial charge is 0.363 e. The quantitative estimate of drug-likeness (QED) is 0.816. The van der Waals surface area contributed by atoms with Crippen molar-refractivity contribution in [3.05, 3.63) is 32.2 Å². The van der Waals surface area contributed by atoms with Crippen molar-refractivity contribution in [3.63, 3.8) is 0 Å². The van der Waals surface area contributed by atoms with Crippen molar-refractivity contribution < 1.29 is 13.6 Å². The number of rotatable bonds is 4. The third-order valence-corrected chi connectivity index (χ3v) is 3.58. The van der Waals surface area contributed by atoms with E-state index >= 15 is 0 Å². The maximum atomic E-state index is 13.0. The normalized spacial score (nSPS) is 15.4. The monoisotopic (exact) mass is 354 g/mol. The summed E-state index contributed by atoms with van der Waals surface area (Å²) in [7, 11) is 0. The smallest absolute Gasteiger partial charge is 0.352 e. The van der Waals surface area contributed by atoms with Crippen LogP contribution in [-0.2, 0) is 5.38 Å². The molecule has 0 saturated heterocycles. The van der Waals surface area contributed by atoms with Crippen molar-refractivity contribution in [1.29, 1.82) is 0 Å². The number of nitrogens with one attached hydrogen (secondary N) is 2. The average Bonchev–Trinajstić information content (AvgIpc) is 3.11. The van der Waals surface area contributed by atoms with Crippen LogP contribution in [0.4, 0.5) is 8.78 Å². The Morgan fingerprint density at radius 1 is 1.58 bits per heavy atom. The molecule has 1 aromatic heterocycles. The molecule has 2 rings (SSSR count). The molecule has 2 N–H and O–H groups in total. The van der Waals surface area contributed by atoms with Crippen LogP contribution >= 0.6 is 27.5 Å². The maximum Gasteiger partial charge on any atom is 0.363 e. The zero-order valence-corrected chi connectivity index (χ0v) is 11.9. The van der Waals surface area contributed by atoms with Gasteiger partial charge in [0.25, 0.3) is 11.5 Å². The molecule has 0 aromatic carbocycles. The molecular formula is C11H10BrClF2N2O2. The summed E-state index contributed by atoms with van der Waals surface area (Å²) in [6.45, 7) is 0.489. The molecule has 0 unspecified atom stereocenters. The molecule has 1 aliphatic rings. The van der Waals surface area contributed by atoms with Gasteiger partial charge in [0.2, 0.25) is 0 Å². The highest BCUT2D eigenvalue weighted by atomic mass is 79.9. The van der Waals surface area contributed by atoms with Gasteiger partial charge in [-0.1, -0.05) is 0 Å². The van der Waals surface area contributed by atoms with Gasteiger partial charge in [0.1, 0.15) is 11.3 Å². The van der Waals surface area contributed by atoms with E-state index in [9.17, 15) is 18.4 Å². The Kier molecular flexibility index (Phi) is 3.96. The van der Waals surface area contributed by atoms with E-state index in [-0.39, 0.29) is 10.0 Å². The fraction of sp³-hybridized carbons (Fsp3) is 0.455. The molecule has 1 fully saturated rings. The SMILES string of the molecule is O=C(NCC1CC1)c1cc(Br)c(C(F)(F)Cl)[nH]c1=O. The van der Waals surface area contributed by atoms with Gasteiger partial charge in [0.15, 0.2) is 0 Å². The van der Waals surface area contributed by atoms with Gasteiger partial charge in [0.05, 0.1) is 0 Å². The van der Waals surface area contributed by atoms with Crippen LogP contribution in [0.25, 0.3) is 0 Å². The summed E-state index contributed by atoms with van der Waals surface area (Å²) in [5.74, 6) is -0.129. The van der Waals surface area contributed by atoms with E-state index in [0.29, 0.717) is 12.5 Å². The second-order valence-electron chi connectivity index (χ2n) is 4.39. The van der Waals surface area contributed by atoms with Gasteiger partial charge in [0, 0.05) is 11.0 Å². The lowest BCUT2D eigenvalue weighted by Crippen LogP contribution is -2.32. The molecule has 4 nitrogen and oxygen atoms in total. The minimum atomic E-state index is -3.71. The van der Waals surface area contributed by atoms with Crippen molar-refractivity contribution in [2.75, 3.05) is 6.54 Å². The highest BCUT2D eigenvalue weighted by molar-refractivity contribution is 9.10. The molecular weight excluding hydrogens is 345 g/mol. The Labute approximate surface area is 120 Å². The molecule has 0 atom stereocenters. The van der Waals surface area contributed by atoms with Crippen LogP contribution in [0.1, 0.15) is 28.9 Å². The molecule has 0 radical (unpaired) electrons. The number of carbonyl (C=O) groups excluding carboxylic acids is 1. The first-order valence-corrected chi connectivity index (χ1v) is 6.74. The zero-order valence-electron chi connectivity index (χ0n) is 9.60. The Bertz CT molecular complexity index is 567. The number of aromatic amines is 1.